The lowest BCUT2D eigenvalue weighted by atomic mass is 10.1. The maximum absolute atomic E-state index is 6.42. The molecule has 0 aliphatic heterocycles. The number of hydrogen-bond acceptors (Lipinski definition) is 4. The summed E-state index contributed by atoms with van der Waals surface area (Å²) in [5, 5.41) is 0.440. The van der Waals surface area contributed by atoms with Crippen molar-refractivity contribution in [1.82, 2.24) is 0 Å². The Bertz CT molecular complexity index is 290. The third-order valence-corrected chi connectivity index (χ3v) is 8.18. The normalized spacial score (nSPS) is 13.7. The highest BCUT2D eigenvalue weighted by Gasteiger charge is 2.16. The second-order valence-electron chi connectivity index (χ2n) is 8.33. The van der Waals surface area contributed by atoms with E-state index in [9.17, 15) is 0 Å². The summed E-state index contributed by atoms with van der Waals surface area (Å²) in [6, 6.07) is 0.253. The van der Waals surface area contributed by atoms with Crippen LogP contribution >= 0.6 is 23.5 Å². The standard InChI is InChI=1S/C24H52N2S2/c1-3-5-7-9-11-13-15-17-19-27-22-23(26)24(21-25)28-20-18-16-14-12-10-8-6-4-2/h23-24H,3-22,25-26H2,1-2H3. The third kappa shape index (κ3) is 19.9. The van der Waals surface area contributed by atoms with Gasteiger partial charge in [-0.25, -0.2) is 0 Å². The van der Waals surface area contributed by atoms with Gasteiger partial charge in [0.1, 0.15) is 0 Å². The van der Waals surface area contributed by atoms with E-state index in [0.717, 1.165) is 12.3 Å². The van der Waals surface area contributed by atoms with E-state index >= 15 is 0 Å². The summed E-state index contributed by atoms with van der Waals surface area (Å²) in [6.07, 6.45) is 22.3. The molecule has 0 radical (unpaired) electrons. The number of nitrogens with two attached hydrogens (primary N) is 2. The molecular formula is C24H52N2S2. The monoisotopic (exact) mass is 432 g/mol. The van der Waals surface area contributed by atoms with Crippen LogP contribution in [0.1, 0.15) is 117 Å². The Kier molecular flexibility index (Phi) is 24.4. The maximum atomic E-state index is 6.42. The van der Waals surface area contributed by atoms with Gasteiger partial charge < -0.3 is 11.5 Å². The van der Waals surface area contributed by atoms with Crippen molar-refractivity contribution >= 4 is 23.5 Å². The number of unbranched alkanes of at least 4 members (excludes halogenated alkanes) is 14. The third-order valence-electron chi connectivity index (χ3n) is 5.49. The minimum Gasteiger partial charge on any atom is -0.329 e. The Morgan fingerprint density at radius 2 is 1.04 bits per heavy atom. The number of hydrogen-bond donors (Lipinski definition) is 2. The van der Waals surface area contributed by atoms with Gasteiger partial charge in [-0.1, -0.05) is 104 Å². The van der Waals surface area contributed by atoms with E-state index in [1.165, 1.54) is 114 Å². The molecule has 0 spiro atoms. The molecule has 0 aromatic heterocycles. The van der Waals surface area contributed by atoms with Crippen molar-refractivity contribution in [3.8, 4) is 0 Å². The van der Waals surface area contributed by atoms with Gasteiger partial charge in [0.05, 0.1) is 0 Å². The molecule has 0 amide bonds. The zero-order valence-corrected chi connectivity index (χ0v) is 20.9. The van der Waals surface area contributed by atoms with E-state index in [1.54, 1.807) is 0 Å². The summed E-state index contributed by atoms with van der Waals surface area (Å²) in [5.74, 6) is 3.57. The van der Waals surface area contributed by atoms with Crippen LogP contribution in [0.15, 0.2) is 0 Å². The fourth-order valence-corrected chi connectivity index (χ4v) is 5.86. The Morgan fingerprint density at radius 1 is 0.607 bits per heavy atom. The quantitative estimate of drug-likeness (QED) is 0.165. The molecule has 2 nitrogen and oxygen atoms in total. The fourth-order valence-electron chi connectivity index (χ4n) is 3.50. The van der Waals surface area contributed by atoms with Crippen LogP contribution < -0.4 is 11.5 Å². The Hall–Kier alpha value is 0.620. The minimum atomic E-state index is 0.253. The molecule has 170 valence electrons. The smallest absolute Gasteiger partial charge is 0.0329 e. The van der Waals surface area contributed by atoms with Gasteiger partial charge in [-0.05, 0) is 24.3 Å². The van der Waals surface area contributed by atoms with E-state index in [0.29, 0.717) is 5.25 Å². The van der Waals surface area contributed by atoms with E-state index in [2.05, 4.69) is 13.8 Å². The van der Waals surface area contributed by atoms with Crippen LogP contribution in [0.5, 0.6) is 0 Å². The van der Waals surface area contributed by atoms with Gasteiger partial charge in [-0.15, -0.1) is 0 Å². The molecule has 0 aromatic rings. The molecule has 0 rings (SSSR count). The van der Waals surface area contributed by atoms with Crippen molar-refractivity contribution in [2.45, 2.75) is 128 Å². The predicted octanol–water partition coefficient (Wildman–Crippen LogP) is 7.39. The summed E-state index contributed by atoms with van der Waals surface area (Å²) < 4.78 is 0. The van der Waals surface area contributed by atoms with Crippen molar-refractivity contribution in [3.05, 3.63) is 0 Å². The molecule has 0 saturated heterocycles. The molecule has 2 unspecified atom stereocenters. The zero-order chi connectivity index (χ0) is 20.7. The number of thioether (sulfide) groups is 2. The van der Waals surface area contributed by atoms with Crippen LogP contribution in [0.25, 0.3) is 0 Å². The first-order valence-corrected chi connectivity index (χ1v) is 14.6. The van der Waals surface area contributed by atoms with Gasteiger partial charge in [0.25, 0.3) is 0 Å². The van der Waals surface area contributed by atoms with Crippen LogP contribution in [0.4, 0.5) is 0 Å². The second-order valence-corrected chi connectivity index (χ2v) is 10.8. The largest absolute Gasteiger partial charge is 0.329 e. The van der Waals surface area contributed by atoms with E-state index in [-0.39, 0.29) is 6.04 Å². The zero-order valence-electron chi connectivity index (χ0n) is 19.3. The minimum absolute atomic E-state index is 0.253. The molecule has 0 aliphatic carbocycles. The average Bonchev–Trinajstić information content (AvgIpc) is 2.70. The van der Waals surface area contributed by atoms with Crippen LogP contribution in [0.2, 0.25) is 0 Å². The Labute approximate surface area is 186 Å². The molecule has 0 saturated carbocycles. The van der Waals surface area contributed by atoms with Crippen molar-refractivity contribution in [1.29, 1.82) is 0 Å². The lowest BCUT2D eigenvalue weighted by molar-refractivity contribution is 0.586. The van der Waals surface area contributed by atoms with E-state index < -0.39 is 0 Å². The van der Waals surface area contributed by atoms with Gasteiger partial charge in [-0.2, -0.15) is 23.5 Å². The molecule has 4 N–H and O–H groups in total. The molecule has 2 atom stereocenters. The van der Waals surface area contributed by atoms with Crippen molar-refractivity contribution < 1.29 is 0 Å². The van der Waals surface area contributed by atoms with Gasteiger partial charge in [0.15, 0.2) is 0 Å². The molecule has 28 heavy (non-hydrogen) atoms. The summed E-state index contributed by atoms with van der Waals surface area (Å²) in [5.41, 5.74) is 12.4. The molecule has 0 heterocycles. The highest BCUT2D eigenvalue weighted by Crippen LogP contribution is 2.19. The SMILES string of the molecule is CCCCCCCCCCSCC(N)C(CN)SCCCCCCCCCC. The van der Waals surface area contributed by atoms with Crippen LogP contribution in [0.3, 0.4) is 0 Å². The second kappa shape index (κ2) is 23.9. The predicted molar refractivity (Wildman–Crippen MR) is 136 cm³/mol. The van der Waals surface area contributed by atoms with Crippen molar-refractivity contribution in [3.63, 3.8) is 0 Å². The van der Waals surface area contributed by atoms with E-state index in [4.69, 9.17) is 11.5 Å². The summed E-state index contributed by atoms with van der Waals surface area (Å²) >= 11 is 4.06. The first-order valence-electron chi connectivity index (χ1n) is 12.4. The fraction of sp³-hybridized carbons (Fsp3) is 1.00. The van der Waals surface area contributed by atoms with Crippen molar-refractivity contribution in [2.75, 3.05) is 23.8 Å². The molecular weight excluding hydrogens is 380 g/mol. The Morgan fingerprint density at radius 3 is 1.50 bits per heavy atom. The summed E-state index contributed by atoms with van der Waals surface area (Å²) in [6.45, 7) is 5.29. The first-order chi connectivity index (χ1) is 13.8. The van der Waals surface area contributed by atoms with Crippen LogP contribution in [-0.4, -0.2) is 35.1 Å². The average molecular weight is 433 g/mol. The first kappa shape index (κ1) is 28.6. The number of rotatable bonds is 23. The van der Waals surface area contributed by atoms with Crippen LogP contribution in [0, 0.1) is 0 Å². The molecule has 0 bridgehead atoms. The van der Waals surface area contributed by atoms with Crippen LogP contribution in [-0.2, 0) is 0 Å². The van der Waals surface area contributed by atoms with Gasteiger partial charge >= 0.3 is 0 Å². The van der Waals surface area contributed by atoms with Crippen molar-refractivity contribution in [2.24, 2.45) is 11.5 Å². The highest BCUT2D eigenvalue weighted by molar-refractivity contribution is 8.00. The molecule has 0 fully saturated rings. The Balaban J connectivity index is 3.46. The highest BCUT2D eigenvalue weighted by atomic mass is 32.2. The summed E-state index contributed by atoms with van der Waals surface area (Å²) in [7, 11) is 0. The van der Waals surface area contributed by atoms with Gasteiger partial charge in [0.2, 0.25) is 0 Å². The lowest BCUT2D eigenvalue weighted by Crippen LogP contribution is -2.40. The molecule has 0 aromatic carbocycles. The summed E-state index contributed by atoms with van der Waals surface area (Å²) in [4.78, 5) is 0. The van der Waals surface area contributed by atoms with Gasteiger partial charge in [-0.3, -0.25) is 0 Å². The maximum Gasteiger partial charge on any atom is 0.0329 e. The van der Waals surface area contributed by atoms with E-state index in [1.807, 2.05) is 23.5 Å². The van der Waals surface area contributed by atoms with Gasteiger partial charge in [0, 0.05) is 23.6 Å². The lowest BCUT2D eigenvalue weighted by Gasteiger charge is -2.21. The topological polar surface area (TPSA) is 52.0 Å². The molecule has 4 heteroatoms. The molecule has 0 aliphatic rings.